The summed E-state index contributed by atoms with van der Waals surface area (Å²) in [5.74, 6) is 0.00670. The molecule has 2 fully saturated rings. The van der Waals surface area contributed by atoms with Crippen LogP contribution >= 0.6 is 0 Å². The Labute approximate surface area is 206 Å². The predicted octanol–water partition coefficient (Wildman–Crippen LogP) is 5.26. The molecule has 1 aromatic carbocycles. The Morgan fingerprint density at radius 1 is 1.17 bits per heavy atom. The zero-order valence-corrected chi connectivity index (χ0v) is 20.9. The van der Waals surface area contributed by atoms with Crippen LogP contribution in [0.25, 0.3) is 11.0 Å². The zero-order valence-electron chi connectivity index (χ0n) is 20.9. The van der Waals surface area contributed by atoms with Gasteiger partial charge in [-0.1, -0.05) is 6.42 Å². The number of anilines is 1. The van der Waals surface area contributed by atoms with Gasteiger partial charge in [-0.15, -0.1) is 0 Å². The molecule has 0 bridgehead atoms. The maximum Gasteiger partial charge on any atom is 0.414 e. The monoisotopic (exact) mass is 483 g/mol. The minimum atomic E-state index is -0.698. The molecule has 8 nitrogen and oxygen atoms in total. The first-order chi connectivity index (χ1) is 17.0. The van der Waals surface area contributed by atoms with Gasteiger partial charge >= 0.3 is 12.1 Å². The summed E-state index contributed by atoms with van der Waals surface area (Å²) < 4.78 is 13.4. The van der Waals surface area contributed by atoms with Crippen molar-refractivity contribution in [2.75, 3.05) is 18.6 Å². The van der Waals surface area contributed by atoms with Crippen LogP contribution in [0.15, 0.2) is 12.1 Å². The number of benzene rings is 1. The number of hydrogen-bond donors (Lipinski definition) is 1. The standard InChI is InChI=1S/C27H37N3O5/c1-17-9-11-21-22(29(17)27(33)34-2)12-13-23-25(21)28-24(14-10-20-8-3-4-15-35-20)30(23)19-7-5-6-18(16-19)26(31)32/h12-13,17-20H,3-11,14-16H2,1-2H3,(H,31,32)/t17-,18-,19+,20+/m0/s1. The summed E-state index contributed by atoms with van der Waals surface area (Å²) in [7, 11) is 1.42. The summed E-state index contributed by atoms with van der Waals surface area (Å²) in [5, 5.41) is 9.71. The van der Waals surface area contributed by atoms with E-state index in [0.29, 0.717) is 6.42 Å². The molecule has 4 atom stereocenters. The Kier molecular flexibility index (Phi) is 7.00. The molecule has 35 heavy (non-hydrogen) atoms. The quantitative estimate of drug-likeness (QED) is 0.623. The fourth-order valence-electron chi connectivity index (χ4n) is 6.35. The van der Waals surface area contributed by atoms with E-state index in [4.69, 9.17) is 14.5 Å². The second kappa shape index (κ2) is 10.2. The number of methoxy groups -OCH3 is 1. The Morgan fingerprint density at radius 2 is 2.03 bits per heavy atom. The summed E-state index contributed by atoms with van der Waals surface area (Å²) in [6.07, 6.45) is 10.0. The maximum atomic E-state index is 12.6. The Morgan fingerprint density at radius 3 is 2.77 bits per heavy atom. The summed E-state index contributed by atoms with van der Waals surface area (Å²) in [6, 6.07) is 4.27. The van der Waals surface area contributed by atoms with E-state index in [0.717, 1.165) is 92.5 Å². The number of rotatable bonds is 5. The molecule has 0 unspecified atom stereocenters. The lowest BCUT2D eigenvalue weighted by Crippen LogP contribution is -2.42. The van der Waals surface area contributed by atoms with Crippen molar-refractivity contribution in [3.63, 3.8) is 0 Å². The van der Waals surface area contributed by atoms with Crippen LogP contribution in [0.4, 0.5) is 10.5 Å². The molecule has 1 saturated carbocycles. The molecule has 1 amide bonds. The summed E-state index contributed by atoms with van der Waals surface area (Å²) in [6.45, 7) is 2.88. The van der Waals surface area contributed by atoms with E-state index in [2.05, 4.69) is 10.6 Å². The van der Waals surface area contributed by atoms with E-state index in [1.165, 1.54) is 13.5 Å². The molecule has 190 valence electrons. The van der Waals surface area contributed by atoms with Crippen LogP contribution in [0.2, 0.25) is 0 Å². The molecule has 0 spiro atoms. The van der Waals surface area contributed by atoms with E-state index in [1.54, 1.807) is 4.90 Å². The van der Waals surface area contributed by atoms with Crippen LogP contribution in [0, 0.1) is 5.92 Å². The molecule has 8 heteroatoms. The highest BCUT2D eigenvalue weighted by Crippen LogP contribution is 2.41. The average molecular weight is 484 g/mol. The summed E-state index contributed by atoms with van der Waals surface area (Å²) >= 11 is 0. The molecule has 3 aliphatic rings. The van der Waals surface area contributed by atoms with Crippen molar-refractivity contribution < 1.29 is 24.2 Å². The van der Waals surface area contributed by atoms with Crippen molar-refractivity contribution >= 4 is 28.8 Å². The topological polar surface area (TPSA) is 93.9 Å². The number of carboxylic acid groups (broad SMARTS) is 1. The lowest BCUT2D eigenvalue weighted by molar-refractivity contribution is -0.143. The fraction of sp³-hybridized carbons (Fsp3) is 0.667. The smallest absolute Gasteiger partial charge is 0.414 e. The van der Waals surface area contributed by atoms with Gasteiger partial charge in [0.25, 0.3) is 0 Å². The van der Waals surface area contributed by atoms with Gasteiger partial charge in [0, 0.05) is 30.7 Å². The molecule has 2 aliphatic heterocycles. The first kappa shape index (κ1) is 24.1. The number of imidazole rings is 1. The predicted molar refractivity (Wildman–Crippen MR) is 133 cm³/mol. The average Bonchev–Trinajstić information content (AvgIpc) is 3.26. The van der Waals surface area contributed by atoms with Gasteiger partial charge < -0.3 is 19.1 Å². The third-order valence-electron chi connectivity index (χ3n) is 8.22. The van der Waals surface area contributed by atoms with Crippen molar-refractivity contribution in [2.45, 2.75) is 95.7 Å². The van der Waals surface area contributed by atoms with E-state index in [9.17, 15) is 14.7 Å². The van der Waals surface area contributed by atoms with Gasteiger partial charge in [0.15, 0.2) is 0 Å². The highest BCUT2D eigenvalue weighted by molar-refractivity contribution is 5.95. The highest BCUT2D eigenvalue weighted by Gasteiger charge is 2.34. The minimum Gasteiger partial charge on any atom is -0.481 e. The lowest BCUT2D eigenvalue weighted by Gasteiger charge is -2.34. The highest BCUT2D eigenvalue weighted by atomic mass is 16.5. The van der Waals surface area contributed by atoms with Crippen LogP contribution in [0.5, 0.6) is 0 Å². The largest absolute Gasteiger partial charge is 0.481 e. The van der Waals surface area contributed by atoms with Crippen LogP contribution in [-0.2, 0) is 27.1 Å². The van der Waals surface area contributed by atoms with Crippen molar-refractivity contribution in [3.8, 4) is 0 Å². The third kappa shape index (κ3) is 4.65. The minimum absolute atomic E-state index is 0.0621. The first-order valence-electron chi connectivity index (χ1n) is 13.2. The zero-order chi connectivity index (χ0) is 24.5. The van der Waals surface area contributed by atoms with Gasteiger partial charge in [-0.25, -0.2) is 9.78 Å². The van der Waals surface area contributed by atoms with Crippen LogP contribution in [-0.4, -0.2) is 52.6 Å². The number of aliphatic carboxylic acids is 1. The van der Waals surface area contributed by atoms with Crippen LogP contribution < -0.4 is 4.90 Å². The molecule has 5 rings (SSSR count). The van der Waals surface area contributed by atoms with E-state index >= 15 is 0 Å². The van der Waals surface area contributed by atoms with Crippen LogP contribution in [0.1, 0.15) is 82.1 Å². The molecule has 1 aromatic heterocycles. The molecule has 2 aromatic rings. The number of carbonyl (C=O) groups is 2. The van der Waals surface area contributed by atoms with Gasteiger partial charge in [-0.05, 0) is 76.8 Å². The molecular formula is C27H37N3O5. The number of nitrogens with zero attached hydrogens (tertiary/aromatic N) is 3. The van der Waals surface area contributed by atoms with Crippen molar-refractivity contribution in [1.29, 1.82) is 0 Å². The van der Waals surface area contributed by atoms with Gasteiger partial charge in [0.2, 0.25) is 0 Å². The van der Waals surface area contributed by atoms with E-state index < -0.39 is 5.97 Å². The fourth-order valence-corrected chi connectivity index (χ4v) is 6.35. The normalized spacial score (nSPS) is 27.0. The number of aromatic nitrogens is 2. The van der Waals surface area contributed by atoms with E-state index in [-0.39, 0.29) is 30.2 Å². The van der Waals surface area contributed by atoms with Gasteiger partial charge in [-0.2, -0.15) is 0 Å². The number of carbonyl (C=O) groups excluding carboxylic acids is 1. The van der Waals surface area contributed by atoms with E-state index in [1.807, 2.05) is 13.0 Å². The Balaban J connectivity index is 1.56. The maximum absolute atomic E-state index is 12.6. The van der Waals surface area contributed by atoms with Crippen LogP contribution in [0.3, 0.4) is 0 Å². The lowest BCUT2D eigenvalue weighted by atomic mass is 9.85. The SMILES string of the molecule is COC(=O)N1c2ccc3c(nc(CC[C@H]4CCCCO4)n3[C@@H]3CCC[C@H](C(=O)O)C3)c2CC[C@@H]1C. The third-order valence-corrected chi connectivity index (χ3v) is 8.22. The Bertz CT molecular complexity index is 1090. The molecule has 0 radical (unpaired) electrons. The van der Waals surface area contributed by atoms with Crippen molar-refractivity contribution in [1.82, 2.24) is 9.55 Å². The number of aryl methyl sites for hydroxylation is 2. The van der Waals surface area contributed by atoms with Gasteiger partial charge in [0.1, 0.15) is 5.82 Å². The second-order valence-corrected chi connectivity index (χ2v) is 10.4. The number of fused-ring (bicyclic) bond motifs is 3. The molecule has 1 aliphatic carbocycles. The number of carboxylic acids is 1. The Hall–Kier alpha value is -2.61. The first-order valence-corrected chi connectivity index (χ1v) is 13.2. The number of hydrogen-bond acceptors (Lipinski definition) is 5. The summed E-state index contributed by atoms with van der Waals surface area (Å²) in [5.41, 5.74) is 3.96. The molecule has 1 saturated heterocycles. The molecule has 1 N–H and O–H groups in total. The number of amides is 1. The molecule has 3 heterocycles. The molecular weight excluding hydrogens is 446 g/mol. The van der Waals surface area contributed by atoms with Crippen molar-refractivity contribution in [3.05, 3.63) is 23.5 Å². The van der Waals surface area contributed by atoms with Gasteiger partial charge in [0.05, 0.1) is 35.9 Å². The number of ether oxygens (including phenoxy) is 2. The van der Waals surface area contributed by atoms with Crippen molar-refractivity contribution in [2.24, 2.45) is 5.92 Å². The summed E-state index contributed by atoms with van der Waals surface area (Å²) in [4.78, 5) is 31.3. The second-order valence-electron chi connectivity index (χ2n) is 10.4. The van der Waals surface area contributed by atoms with Gasteiger partial charge in [-0.3, -0.25) is 9.69 Å².